The van der Waals surface area contributed by atoms with E-state index in [0.717, 1.165) is 11.5 Å². The van der Waals surface area contributed by atoms with Crippen LogP contribution in [-0.4, -0.2) is 42.9 Å². The van der Waals surface area contributed by atoms with Crippen LogP contribution in [0.15, 0.2) is 41.3 Å². The van der Waals surface area contributed by atoms with E-state index in [1.54, 1.807) is 16.7 Å². The first-order valence-electron chi connectivity index (χ1n) is 8.77. The molecule has 0 radical (unpaired) electrons. The lowest BCUT2D eigenvalue weighted by atomic mass is 10.1. The summed E-state index contributed by atoms with van der Waals surface area (Å²) >= 11 is 1.61. The first kappa shape index (κ1) is 18.6. The number of hydrogen-bond acceptors (Lipinski definition) is 4. The Labute approximate surface area is 159 Å². The summed E-state index contributed by atoms with van der Waals surface area (Å²) in [6, 6.07) is 11.9. The summed E-state index contributed by atoms with van der Waals surface area (Å²) in [6.07, 6.45) is -0.147. The van der Waals surface area contributed by atoms with Gasteiger partial charge in [-0.2, -0.15) is 0 Å². The number of thioether (sulfide) groups is 1. The van der Waals surface area contributed by atoms with E-state index < -0.39 is 0 Å². The predicted molar refractivity (Wildman–Crippen MR) is 105 cm³/mol. The van der Waals surface area contributed by atoms with Crippen molar-refractivity contribution in [2.75, 3.05) is 26.0 Å². The number of likely N-dealkylation sites (N-methyl/N-ethyl adjacent to an activating group) is 1. The molecule has 3 rings (SSSR count). The number of hydrogen-bond donors (Lipinski definition) is 0. The van der Waals surface area contributed by atoms with E-state index in [1.165, 1.54) is 21.6 Å². The van der Waals surface area contributed by atoms with Gasteiger partial charge < -0.3 is 14.4 Å². The lowest BCUT2D eigenvalue weighted by molar-refractivity contribution is -0.128. The second kappa shape index (κ2) is 8.04. The number of carbonyl (C=O) groups is 1. The number of aryl methyl sites for hydroxylation is 3. The summed E-state index contributed by atoms with van der Waals surface area (Å²) in [4.78, 5) is 15.5. The van der Waals surface area contributed by atoms with E-state index in [2.05, 4.69) is 32.9 Å². The van der Waals surface area contributed by atoms with E-state index in [-0.39, 0.29) is 12.0 Å². The summed E-state index contributed by atoms with van der Waals surface area (Å²) in [7, 11) is 1.82. The first-order chi connectivity index (χ1) is 12.4. The fraction of sp³-hybridized carbons (Fsp3) is 0.381. The Morgan fingerprint density at radius 1 is 1.15 bits per heavy atom. The van der Waals surface area contributed by atoms with Gasteiger partial charge in [0, 0.05) is 11.9 Å². The van der Waals surface area contributed by atoms with Gasteiger partial charge in [0.05, 0.1) is 12.3 Å². The maximum absolute atomic E-state index is 12.5. The van der Waals surface area contributed by atoms with Gasteiger partial charge in [0.1, 0.15) is 6.61 Å². The Bertz CT molecular complexity index is 783. The Kier molecular flexibility index (Phi) is 5.77. The van der Waals surface area contributed by atoms with Gasteiger partial charge in [-0.05, 0) is 44.0 Å². The molecule has 138 valence electrons. The molecule has 0 N–H and O–H groups in total. The molecular weight excluding hydrogens is 346 g/mol. The Morgan fingerprint density at radius 2 is 1.81 bits per heavy atom. The van der Waals surface area contributed by atoms with E-state index in [0.29, 0.717) is 18.9 Å². The number of nitrogens with zero attached hydrogens (tertiary/aromatic N) is 1. The Balaban J connectivity index is 1.54. The second-order valence-corrected chi connectivity index (χ2v) is 7.77. The Hall–Kier alpha value is -2.14. The highest BCUT2D eigenvalue weighted by atomic mass is 32.2. The maximum atomic E-state index is 12.5. The Morgan fingerprint density at radius 3 is 2.50 bits per heavy atom. The number of carbonyl (C=O) groups excluding carboxylic acids is 1. The molecular formula is C21H25NO3S. The molecule has 5 heteroatoms. The van der Waals surface area contributed by atoms with Gasteiger partial charge in [0.2, 0.25) is 5.91 Å². The summed E-state index contributed by atoms with van der Waals surface area (Å²) in [5.74, 6) is 2.02. The predicted octanol–water partition coefficient (Wildman–Crippen LogP) is 4.00. The lowest BCUT2D eigenvalue weighted by Crippen LogP contribution is -2.42. The van der Waals surface area contributed by atoms with Crippen LogP contribution in [0.3, 0.4) is 0 Å². The fourth-order valence-corrected chi connectivity index (χ4v) is 4.26. The zero-order valence-electron chi connectivity index (χ0n) is 15.7. The van der Waals surface area contributed by atoms with Crippen LogP contribution in [0, 0.1) is 20.8 Å². The molecule has 0 bridgehead atoms. The van der Waals surface area contributed by atoms with Crippen molar-refractivity contribution in [1.82, 2.24) is 4.90 Å². The highest BCUT2D eigenvalue weighted by molar-refractivity contribution is 8.00. The van der Waals surface area contributed by atoms with Crippen molar-refractivity contribution in [1.29, 1.82) is 0 Å². The van der Waals surface area contributed by atoms with Gasteiger partial charge in [-0.15, -0.1) is 11.8 Å². The molecule has 0 saturated heterocycles. The van der Waals surface area contributed by atoms with Crippen LogP contribution < -0.4 is 9.47 Å². The standard InChI is InChI=1S/C21H25NO3S/c1-14-9-15(2)21(16(3)10-14)26-13-20(23)22(4)11-17-12-24-18-7-5-6-8-19(18)25-17/h5-10,17H,11-13H2,1-4H3. The zero-order valence-corrected chi connectivity index (χ0v) is 16.6. The van der Waals surface area contributed by atoms with Crippen molar-refractivity contribution >= 4 is 17.7 Å². The van der Waals surface area contributed by atoms with Crippen LogP contribution in [0.4, 0.5) is 0 Å². The molecule has 1 unspecified atom stereocenters. The molecule has 0 saturated carbocycles. The molecule has 4 nitrogen and oxygen atoms in total. The number of fused-ring (bicyclic) bond motifs is 1. The molecule has 1 atom stereocenters. The van der Waals surface area contributed by atoms with E-state index in [4.69, 9.17) is 9.47 Å². The highest BCUT2D eigenvalue weighted by Gasteiger charge is 2.23. The first-order valence-corrected chi connectivity index (χ1v) is 9.75. The van der Waals surface area contributed by atoms with Gasteiger partial charge in [-0.3, -0.25) is 4.79 Å². The minimum Gasteiger partial charge on any atom is -0.486 e. The molecule has 0 aliphatic carbocycles. The molecule has 1 amide bonds. The van der Waals surface area contributed by atoms with Crippen LogP contribution in [0.5, 0.6) is 11.5 Å². The van der Waals surface area contributed by atoms with Crippen molar-refractivity contribution < 1.29 is 14.3 Å². The topological polar surface area (TPSA) is 38.8 Å². The molecule has 0 spiro atoms. The molecule has 0 fully saturated rings. The normalized spacial score (nSPS) is 15.6. The van der Waals surface area contributed by atoms with Crippen molar-refractivity contribution in [3.05, 3.63) is 53.1 Å². The smallest absolute Gasteiger partial charge is 0.232 e. The SMILES string of the molecule is Cc1cc(C)c(SCC(=O)N(C)CC2COc3ccccc3O2)c(C)c1. The summed E-state index contributed by atoms with van der Waals surface area (Å²) in [5, 5.41) is 0. The fourth-order valence-electron chi connectivity index (χ4n) is 3.20. The van der Waals surface area contributed by atoms with Crippen molar-refractivity contribution in [3.8, 4) is 11.5 Å². The number of benzene rings is 2. The van der Waals surface area contributed by atoms with Crippen LogP contribution in [-0.2, 0) is 4.79 Å². The molecule has 26 heavy (non-hydrogen) atoms. The van der Waals surface area contributed by atoms with E-state index >= 15 is 0 Å². The number of amides is 1. The van der Waals surface area contributed by atoms with Crippen molar-refractivity contribution in [2.45, 2.75) is 31.8 Å². The molecule has 1 aliphatic rings. The third-order valence-electron chi connectivity index (χ3n) is 4.42. The van der Waals surface area contributed by atoms with Crippen LogP contribution >= 0.6 is 11.8 Å². The molecule has 2 aromatic carbocycles. The minimum atomic E-state index is -0.147. The number of rotatable bonds is 5. The molecule has 2 aromatic rings. The molecule has 1 aliphatic heterocycles. The van der Waals surface area contributed by atoms with Gasteiger partial charge in [-0.25, -0.2) is 0 Å². The average Bonchev–Trinajstić information content (AvgIpc) is 2.60. The minimum absolute atomic E-state index is 0.0943. The van der Waals surface area contributed by atoms with E-state index in [9.17, 15) is 4.79 Å². The number of para-hydroxylation sites is 2. The van der Waals surface area contributed by atoms with Gasteiger partial charge >= 0.3 is 0 Å². The third kappa shape index (κ3) is 4.33. The largest absolute Gasteiger partial charge is 0.486 e. The molecule has 0 aromatic heterocycles. The molecule has 1 heterocycles. The third-order valence-corrected chi connectivity index (χ3v) is 5.74. The van der Waals surface area contributed by atoms with Crippen LogP contribution in [0.2, 0.25) is 0 Å². The maximum Gasteiger partial charge on any atom is 0.232 e. The quantitative estimate of drug-likeness (QED) is 0.745. The van der Waals surface area contributed by atoms with Gasteiger partial charge in [-0.1, -0.05) is 29.8 Å². The average molecular weight is 372 g/mol. The zero-order chi connectivity index (χ0) is 18.7. The van der Waals surface area contributed by atoms with Crippen LogP contribution in [0.25, 0.3) is 0 Å². The van der Waals surface area contributed by atoms with Crippen molar-refractivity contribution in [3.63, 3.8) is 0 Å². The summed E-state index contributed by atoms with van der Waals surface area (Å²) in [6.45, 7) is 7.26. The summed E-state index contributed by atoms with van der Waals surface area (Å²) < 4.78 is 11.7. The number of ether oxygens (including phenoxy) is 2. The lowest BCUT2D eigenvalue weighted by Gasteiger charge is -2.29. The van der Waals surface area contributed by atoms with Gasteiger partial charge in [0.25, 0.3) is 0 Å². The highest BCUT2D eigenvalue weighted by Crippen LogP contribution is 2.31. The summed E-state index contributed by atoms with van der Waals surface area (Å²) in [5.41, 5.74) is 3.70. The van der Waals surface area contributed by atoms with Gasteiger partial charge in [0.15, 0.2) is 17.6 Å². The van der Waals surface area contributed by atoms with E-state index in [1.807, 2.05) is 31.3 Å². The van der Waals surface area contributed by atoms with Crippen LogP contribution in [0.1, 0.15) is 16.7 Å². The monoisotopic (exact) mass is 371 g/mol. The second-order valence-electron chi connectivity index (χ2n) is 6.79. The van der Waals surface area contributed by atoms with Crippen molar-refractivity contribution in [2.24, 2.45) is 0 Å².